The zero-order valence-electron chi connectivity index (χ0n) is 11.3. The highest BCUT2D eigenvalue weighted by Crippen LogP contribution is 2.10. The number of rotatable bonds is 5. The van der Waals surface area contributed by atoms with Crippen LogP contribution in [0.1, 0.15) is 52.9 Å². The molecule has 1 rings (SSSR count). The zero-order valence-corrected chi connectivity index (χ0v) is 11.3. The van der Waals surface area contributed by atoms with Crippen LogP contribution < -0.4 is 0 Å². The van der Waals surface area contributed by atoms with E-state index in [2.05, 4.69) is 37.8 Å². The first-order valence-electron chi connectivity index (χ1n) is 6.70. The van der Waals surface area contributed by atoms with Crippen molar-refractivity contribution in [3.05, 3.63) is 23.3 Å². The lowest BCUT2D eigenvalue weighted by molar-refractivity contribution is 0.251. The Kier molecular flexibility index (Phi) is 6.47. The Hall–Kier alpha value is -0.560. The Labute approximate surface area is 101 Å². The van der Waals surface area contributed by atoms with Gasteiger partial charge in [-0.3, -0.25) is 4.90 Å². The molecule has 0 aromatic rings. The number of hydrogen-bond donors (Lipinski definition) is 0. The van der Waals surface area contributed by atoms with Gasteiger partial charge in [-0.25, -0.2) is 0 Å². The van der Waals surface area contributed by atoms with Gasteiger partial charge >= 0.3 is 0 Å². The number of likely N-dealkylation sites (tertiary alicyclic amines) is 1. The van der Waals surface area contributed by atoms with Crippen molar-refractivity contribution < 1.29 is 0 Å². The van der Waals surface area contributed by atoms with E-state index in [4.69, 9.17) is 0 Å². The third-order valence-electron chi connectivity index (χ3n) is 3.24. The zero-order chi connectivity index (χ0) is 11.8. The third-order valence-corrected chi connectivity index (χ3v) is 3.24. The number of nitrogens with zero attached hydrogens (tertiary/aromatic N) is 1. The van der Waals surface area contributed by atoms with Crippen molar-refractivity contribution >= 4 is 0 Å². The molecule has 1 heterocycles. The standard InChI is InChI=1S/C15H27N/c1-14(2)8-7-9-15(3)10-13-16-11-5-4-6-12-16/h8,10H,4-7,9,11-13H2,1-3H3/b15-10+. The van der Waals surface area contributed by atoms with Crippen LogP contribution in [0.15, 0.2) is 23.3 Å². The lowest BCUT2D eigenvalue weighted by Crippen LogP contribution is -2.29. The summed E-state index contributed by atoms with van der Waals surface area (Å²) in [6.07, 6.45) is 11.4. The smallest absolute Gasteiger partial charge is 0.0165 e. The van der Waals surface area contributed by atoms with Crippen LogP contribution in [0.2, 0.25) is 0 Å². The second kappa shape index (κ2) is 7.67. The van der Waals surface area contributed by atoms with E-state index in [1.165, 1.54) is 57.3 Å². The third kappa shape index (κ3) is 6.12. The molecule has 0 unspecified atom stereocenters. The van der Waals surface area contributed by atoms with E-state index in [1.807, 2.05) is 0 Å². The molecule has 0 radical (unpaired) electrons. The summed E-state index contributed by atoms with van der Waals surface area (Å²) >= 11 is 0. The molecule has 1 aliphatic heterocycles. The average molecular weight is 221 g/mol. The van der Waals surface area contributed by atoms with Crippen molar-refractivity contribution in [2.24, 2.45) is 0 Å². The maximum Gasteiger partial charge on any atom is 0.0165 e. The van der Waals surface area contributed by atoms with Crippen LogP contribution in [0.5, 0.6) is 0 Å². The van der Waals surface area contributed by atoms with Gasteiger partial charge in [-0.05, 0) is 59.5 Å². The van der Waals surface area contributed by atoms with E-state index in [0.717, 1.165) is 0 Å². The first kappa shape index (κ1) is 13.5. The first-order chi connectivity index (χ1) is 7.68. The maximum absolute atomic E-state index is 2.58. The highest BCUT2D eigenvalue weighted by Gasteiger charge is 2.07. The Balaban J connectivity index is 2.19. The molecule has 0 saturated carbocycles. The molecular formula is C15H27N. The molecular weight excluding hydrogens is 194 g/mol. The summed E-state index contributed by atoms with van der Waals surface area (Å²) in [6, 6.07) is 0. The normalized spacial score (nSPS) is 18.6. The predicted octanol–water partition coefficient (Wildman–Crippen LogP) is 4.17. The summed E-state index contributed by atoms with van der Waals surface area (Å²) in [5, 5.41) is 0. The van der Waals surface area contributed by atoms with Crippen molar-refractivity contribution in [3.63, 3.8) is 0 Å². The quantitative estimate of drug-likeness (QED) is 0.630. The lowest BCUT2D eigenvalue weighted by atomic mass is 10.1. The molecule has 0 N–H and O–H groups in total. The fourth-order valence-corrected chi connectivity index (χ4v) is 2.12. The van der Waals surface area contributed by atoms with E-state index >= 15 is 0 Å². The fourth-order valence-electron chi connectivity index (χ4n) is 2.12. The Morgan fingerprint density at radius 1 is 1.00 bits per heavy atom. The molecule has 0 amide bonds. The molecule has 0 aliphatic carbocycles. The molecule has 0 bridgehead atoms. The Morgan fingerprint density at radius 3 is 2.31 bits per heavy atom. The van der Waals surface area contributed by atoms with Gasteiger partial charge in [0.2, 0.25) is 0 Å². The predicted molar refractivity (Wildman–Crippen MR) is 72.7 cm³/mol. The monoisotopic (exact) mass is 221 g/mol. The molecule has 0 aromatic carbocycles. The number of allylic oxidation sites excluding steroid dienone is 3. The molecule has 1 saturated heterocycles. The fraction of sp³-hybridized carbons (Fsp3) is 0.733. The topological polar surface area (TPSA) is 3.24 Å². The summed E-state index contributed by atoms with van der Waals surface area (Å²) in [6.45, 7) is 10.4. The second-order valence-electron chi connectivity index (χ2n) is 5.23. The van der Waals surface area contributed by atoms with Crippen molar-refractivity contribution in [2.45, 2.75) is 52.9 Å². The van der Waals surface area contributed by atoms with Crippen molar-refractivity contribution in [2.75, 3.05) is 19.6 Å². The van der Waals surface area contributed by atoms with Crippen LogP contribution in [0, 0.1) is 0 Å². The summed E-state index contributed by atoms with van der Waals surface area (Å²) < 4.78 is 0. The van der Waals surface area contributed by atoms with Gasteiger partial charge in [-0.1, -0.05) is 29.7 Å². The summed E-state index contributed by atoms with van der Waals surface area (Å²) in [5.41, 5.74) is 2.98. The van der Waals surface area contributed by atoms with Crippen LogP contribution in [-0.2, 0) is 0 Å². The van der Waals surface area contributed by atoms with Crippen molar-refractivity contribution in [1.82, 2.24) is 4.90 Å². The SMILES string of the molecule is CC(C)=CCC/C(C)=C/CN1CCCCC1. The highest BCUT2D eigenvalue weighted by atomic mass is 15.1. The number of piperidine rings is 1. The van der Waals surface area contributed by atoms with Gasteiger partial charge in [0, 0.05) is 6.54 Å². The molecule has 0 atom stereocenters. The maximum atomic E-state index is 2.58. The number of hydrogen-bond acceptors (Lipinski definition) is 1. The van der Waals surface area contributed by atoms with Gasteiger partial charge in [0.15, 0.2) is 0 Å². The van der Waals surface area contributed by atoms with Gasteiger partial charge in [-0.2, -0.15) is 0 Å². The van der Waals surface area contributed by atoms with E-state index in [1.54, 1.807) is 5.57 Å². The molecule has 1 aliphatic rings. The van der Waals surface area contributed by atoms with Gasteiger partial charge in [0.05, 0.1) is 0 Å². The van der Waals surface area contributed by atoms with E-state index < -0.39 is 0 Å². The largest absolute Gasteiger partial charge is 0.300 e. The molecule has 16 heavy (non-hydrogen) atoms. The molecule has 0 spiro atoms. The first-order valence-corrected chi connectivity index (χ1v) is 6.70. The molecule has 92 valence electrons. The van der Waals surface area contributed by atoms with Crippen molar-refractivity contribution in [1.29, 1.82) is 0 Å². The minimum atomic E-state index is 1.17. The van der Waals surface area contributed by atoms with Gasteiger partial charge < -0.3 is 0 Å². The van der Waals surface area contributed by atoms with Crippen LogP contribution in [-0.4, -0.2) is 24.5 Å². The summed E-state index contributed by atoms with van der Waals surface area (Å²) in [7, 11) is 0. The van der Waals surface area contributed by atoms with Crippen molar-refractivity contribution in [3.8, 4) is 0 Å². The molecule has 1 heteroatoms. The van der Waals surface area contributed by atoms with Gasteiger partial charge in [0.25, 0.3) is 0 Å². The van der Waals surface area contributed by atoms with Gasteiger partial charge in [0.1, 0.15) is 0 Å². The summed E-state index contributed by atoms with van der Waals surface area (Å²) in [4.78, 5) is 2.58. The molecule has 0 aromatic heterocycles. The Morgan fingerprint density at radius 2 is 1.69 bits per heavy atom. The minimum absolute atomic E-state index is 1.17. The summed E-state index contributed by atoms with van der Waals surface area (Å²) in [5.74, 6) is 0. The van der Waals surface area contributed by atoms with Crippen LogP contribution in [0.3, 0.4) is 0 Å². The molecule has 1 fully saturated rings. The highest BCUT2D eigenvalue weighted by molar-refractivity contribution is 5.03. The van der Waals surface area contributed by atoms with E-state index in [-0.39, 0.29) is 0 Å². The van der Waals surface area contributed by atoms with Crippen LogP contribution >= 0.6 is 0 Å². The van der Waals surface area contributed by atoms with Gasteiger partial charge in [-0.15, -0.1) is 0 Å². The minimum Gasteiger partial charge on any atom is -0.300 e. The van der Waals surface area contributed by atoms with E-state index in [9.17, 15) is 0 Å². The van der Waals surface area contributed by atoms with Crippen LogP contribution in [0.4, 0.5) is 0 Å². The second-order valence-corrected chi connectivity index (χ2v) is 5.23. The average Bonchev–Trinajstić information content (AvgIpc) is 2.27. The Bertz CT molecular complexity index is 240. The van der Waals surface area contributed by atoms with Crippen LogP contribution in [0.25, 0.3) is 0 Å². The lowest BCUT2D eigenvalue weighted by Gasteiger charge is -2.25. The van der Waals surface area contributed by atoms with E-state index in [0.29, 0.717) is 0 Å². The molecule has 1 nitrogen and oxygen atoms in total.